The molecule has 1 unspecified atom stereocenters. The van der Waals surface area contributed by atoms with E-state index in [9.17, 15) is 14.4 Å². The normalized spacial score (nSPS) is 12.6. The van der Waals surface area contributed by atoms with Gasteiger partial charge in [-0.15, -0.1) is 0 Å². The van der Waals surface area contributed by atoms with E-state index in [0.717, 1.165) is 11.1 Å². The maximum Gasteiger partial charge on any atom is 0.408 e. The van der Waals surface area contributed by atoms with E-state index in [1.54, 1.807) is 6.92 Å². The number of rotatable bonds is 11. The highest BCUT2D eigenvalue weighted by molar-refractivity contribution is 5.90. The molecule has 31 heavy (non-hydrogen) atoms. The lowest BCUT2D eigenvalue weighted by atomic mass is 9.87. The number of hydrogen-bond donors (Lipinski definition) is 1. The van der Waals surface area contributed by atoms with E-state index in [0.29, 0.717) is 6.42 Å². The fourth-order valence-electron chi connectivity index (χ4n) is 3.20. The standard InChI is InChI=1S/C25H31NO5/c1-4-30-24(28)21(18(2)3)16-23(27)22(15-19-11-7-5-8-12-19)26-25(29)31-17-20-13-9-6-10-14-20/h5-14,18,21-22H,4,15-17H2,1-3H3,(H,26,29)/t21?,22-/m0/s1. The maximum absolute atomic E-state index is 13.1. The van der Waals surface area contributed by atoms with Gasteiger partial charge in [-0.25, -0.2) is 4.79 Å². The Hall–Kier alpha value is -3.15. The Bertz CT molecular complexity index is 836. The lowest BCUT2D eigenvalue weighted by Crippen LogP contribution is -2.44. The predicted octanol–water partition coefficient (Wildman–Crippen LogP) is 4.32. The van der Waals surface area contributed by atoms with E-state index in [-0.39, 0.29) is 31.3 Å². The van der Waals surface area contributed by atoms with Gasteiger partial charge in [-0.2, -0.15) is 0 Å². The Balaban J connectivity index is 2.08. The van der Waals surface area contributed by atoms with Gasteiger partial charge in [-0.05, 0) is 30.4 Å². The number of carbonyl (C=O) groups excluding carboxylic acids is 3. The SMILES string of the molecule is CCOC(=O)C(CC(=O)[C@H](Cc1ccccc1)NC(=O)OCc1ccccc1)C(C)C. The molecule has 0 aliphatic heterocycles. The maximum atomic E-state index is 13.1. The summed E-state index contributed by atoms with van der Waals surface area (Å²) in [6, 6.07) is 17.9. The largest absolute Gasteiger partial charge is 0.466 e. The van der Waals surface area contributed by atoms with Crippen molar-refractivity contribution in [2.75, 3.05) is 6.61 Å². The summed E-state index contributed by atoms with van der Waals surface area (Å²) in [4.78, 5) is 37.8. The number of esters is 1. The summed E-state index contributed by atoms with van der Waals surface area (Å²) in [7, 11) is 0. The average molecular weight is 426 g/mol. The van der Waals surface area contributed by atoms with Crippen molar-refractivity contribution in [1.29, 1.82) is 0 Å². The van der Waals surface area contributed by atoms with Crippen molar-refractivity contribution >= 4 is 17.8 Å². The molecule has 0 heterocycles. The third-order valence-corrected chi connectivity index (χ3v) is 4.99. The van der Waals surface area contributed by atoms with Crippen LogP contribution in [-0.4, -0.2) is 30.5 Å². The van der Waals surface area contributed by atoms with Gasteiger partial charge in [0.2, 0.25) is 0 Å². The summed E-state index contributed by atoms with van der Waals surface area (Å²) in [5, 5.41) is 2.69. The first-order chi connectivity index (χ1) is 14.9. The highest BCUT2D eigenvalue weighted by Gasteiger charge is 2.30. The molecule has 6 nitrogen and oxygen atoms in total. The number of amides is 1. The Morgan fingerprint density at radius 1 is 0.871 bits per heavy atom. The van der Waals surface area contributed by atoms with E-state index >= 15 is 0 Å². The summed E-state index contributed by atoms with van der Waals surface area (Å²) in [6.07, 6.45) is -0.365. The van der Waals surface area contributed by atoms with Gasteiger partial charge in [0, 0.05) is 6.42 Å². The number of benzene rings is 2. The van der Waals surface area contributed by atoms with E-state index < -0.39 is 24.0 Å². The molecule has 0 aromatic heterocycles. The smallest absolute Gasteiger partial charge is 0.408 e. The Morgan fingerprint density at radius 2 is 1.45 bits per heavy atom. The Morgan fingerprint density at radius 3 is 2.00 bits per heavy atom. The fraction of sp³-hybridized carbons (Fsp3) is 0.400. The van der Waals surface area contributed by atoms with Crippen LogP contribution >= 0.6 is 0 Å². The van der Waals surface area contributed by atoms with E-state index in [4.69, 9.17) is 9.47 Å². The minimum absolute atomic E-state index is 0.00698. The number of carbonyl (C=O) groups is 3. The van der Waals surface area contributed by atoms with Gasteiger partial charge in [0.25, 0.3) is 0 Å². The molecule has 0 aliphatic carbocycles. The number of nitrogens with one attached hydrogen (secondary N) is 1. The zero-order valence-electron chi connectivity index (χ0n) is 18.4. The summed E-state index contributed by atoms with van der Waals surface area (Å²) < 4.78 is 10.4. The molecule has 0 bridgehead atoms. The van der Waals surface area contributed by atoms with Crippen molar-refractivity contribution in [3.05, 3.63) is 71.8 Å². The predicted molar refractivity (Wildman–Crippen MR) is 118 cm³/mol. The van der Waals surface area contributed by atoms with Crippen molar-refractivity contribution in [2.24, 2.45) is 11.8 Å². The quantitative estimate of drug-likeness (QED) is 0.542. The summed E-state index contributed by atoms with van der Waals surface area (Å²) in [5.41, 5.74) is 1.76. The summed E-state index contributed by atoms with van der Waals surface area (Å²) in [5.74, 6) is -1.25. The molecule has 0 fully saturated rings. The van der Waals surface area contributed by atoms with Crippen molar-refractivity contribution in [1.82, 2.24) is 5.32 Å². The van der Waals surface area contributed by atoms with Crippen LogP contribution in [0.4, 0.5) is 4.79 Å². The molecule has 0 saturated heterocycles. The zero-order chi connectivity index (χ0) is 22.6. The zero-order valence-corrected chi connectivity index (χ0v) is 18.4. The average Bonchev–Trinajstić information content (AvgIpc) is 2.76. The molecule has 0 radical (unpaired) electrons. The lowest BCUT2D eigenvalue weighted by molar-refractivity contribution is -0.151. The second-order valence-electron chi connectivity index (χ2n) is 7.72. The van der Waals surface area contributed by atoms with Gasteiger partial charge >= 0.3 is 12.1 Å². The molecular weight excluding hydrogens is 394 g/mol. The molecular formula is C25H31NO5. The highest BCUT2D eigenvalue weighted by Crippen LogP contribution is 2.19. The van der Waals surface area contributed by atoms with Crippen molar-refractivity contribution in [3.8, 4) is 0 Å². The molecule has 2 rings (SSSR count). The molecule has 1 N–H and O–H groups in total. The first-order valence-corrected chi connectivity index (χ1v) is 10.6. The van der Waals surface area contributed by atoms with E-state index in [1.807, 2.05) is 74.5 Å². The van der Waals surface area contributed by atoms with Crippen LogP contribution in [0, 0.1) is 11.8 Å². The molecule has 2 atom stereocenters. The number of ketones is 1. The molecule has 0 spiro atoms. The van der Waals surface area contributed by atoms with Crippen LogP contribution in [0.5, 0.6) is 0 Å². The van der Waals surface area contributed by atoms with Gasteiger partial charge in [0.1, 0.15) is 6.61 Å². The van der Waals surface area contributed by atoms with Crippen molar-refractivity contribution < 1.29 is 23.9 Å². The van der Waals surface area contributed by atoms with Crippen LogP contribution in [0.25, 0.3) is 0 Å². The van der Waals surface area contributed by atoms with Gasteiger partial charge in [0.05, 0.1) is 18.6 Å². The number of ether oxygens (including phenoxy) is 2. The molecule has 0 aliphatic rings. The second-order valence-corrected chi connectivity index (χ2v) is 7.72. The third-order valence-electron chi connectivity index (χ3n) is 4.99. The fourth-order valence-corrected chi connectivity index (χ4v) is 3.20. The highest BCUT2D eigenvalue weighted by atomic mass is 16.5. The number of Topliss-reactive ketones (excluding diaryl/α,β-unsaturated/α-hetero) is 1. The molecule has 2 aromatic carbocycles. The van der Waals surface area contributed by atoms with Crippen LogP contribution in [0.3, 0.4) is 0 Å². The van der Waals surface area contributed by atoms with Crippen LogP contribution in [0.15, 0.2) is 60.7 Å². The Labute approximate surface area is 183 Å². The second kappa shape index (κ2) is 12.5. The van der Waals surface area contributed by atoms with Crippen molar-refractivity contribution in [2.45, 2.75) is 46.3 Å². The number of hydrogen-bond acceptors (Lipinski definition) is 5. The summed E-state index contributed by atoms with van der Waals surface area (Å²) >= 11 is 0. The number of alkyl carbamates (subject to hydrolysis) is 1. The minimum atomic E-state index is -0.804. The van der Waals surface area contributed by atoms with Crippen LogP contribution in [0.1, 0.15) is 38.3 Å². The lowest BCUT2D eigenvalue weighted by Gasteiger charge is -2.22. The first-order valence-electron chi connectivity index (χ1n) is 10.6. The van der Waals surface area contributed by atoms with Crippen LogP contribution in [-0.2, 0) is 32.1 Å². The first kappa shape index (κ1) is 24.1. The Kier molecular flexibility index (Phi) is 9.75. The van der Waals surface area contributed by atoms with E-state index in [1.165, 1.54) is 0 Å². The van der Waals surface area contributed by atoms with E-state index in [2.05, 4.69) is 5.32 Å². The monoisotopic (exact) mass is 425 g/mol. The van der Waals surface area contributed by atoms with Gasteiger partial charge in [-0.3, -0.25) is 9.59 Å². The molecule has 6 heteroatoms. The molecule has 0 saturated carbocycles. The molecule has 2 aromatic rings. The van der Waals surface area contributed by atoms with Gasteiger partial charge < -0.3 is 14.8 Å². The van der Waals surface area contributed by atoms with Crippen LogP contribution in [0.2, 0.25) is 0 Å². The minimum Gasteiger partial charge on any atom is -0.466 e. The van der Waals surface area contributed by atoms with Crippen LogP contribution < -0.4 is 5.32 Å². The summed E-state index contributed by atoms with van der Waals surface area (Å²) in [6.45, 7) is 5.86. The van der Waals surface area contributed by atoms with Crippen molar-refractivity contribution in [3.63, 3.8) is 0 Å². The topological polar surface area (TPSA) is 81.7 Å². The van der Waals surface area contributed by atoms with Gasteiger partial charge in [0.15, 0.2) is 5.78 Å². The third kappa shape index (κ3) is 8.24. The molecule has 166 valence electrons. The van der Waals surface area contributed by atoms with Gasteiger partial charge in [-0.1, -0.05) is 74.5 Å². The molecule has 1 amide bonds.